The summed E-state index contributed by atoms with van der Waals surface area (Å²) in [5, 5.41) is 3.81. The monoisotopic (exact) mass is 505 g/mol. The first kappa shape index (κ1) is 24.8. The molecule has 0 radical (unpaired) electrons. The van der Waals surface area contributed by atoms with Crippen molar-refractivity contribution < 1.29 is 18.3 Å². The summed E-state index contributed by atoms with van der Waals surface area (Å²) in [5.41, 5.74) is 2.21. The van der Waals surface area contributed by atoms with Gasteiger partial charge >= 0.3 is 5.97 Å². The van der Waals surface area contributed by atoms with E-state index < -0.39 is 17.9 Å². The summed E-state index contributed by atoms with van der Waals surface area (Å²) in [6, 6.07) is 6.44. The van der Waals surface area contributed by atoms with Crippen molar-refractivity contribution in [1.82, 2.24) is 14.5 Å². The molecule has 1 aliphatic heterocycles. The van der Waals surface area contributed by atoms with Gasteiger partial charge in [0.2, 0.25) is 5.95 Å². The fraction of sp³-hybridized carbons (Fsp3) is 0.417. The van der Waals surface area contributed by atoms with Crippen LogP contribution < -0.4 is 15.8 Å². The Kier molecular flexibility index (Phi) is 6.68. The normalized spacial score (nSPS) is 16.3. The first-order chi connectivity index (χ1) is 16.5. The molecule has 1 atom stereocenters. The van der Waals surface area contributed by atoms with Crippen LogP contribution in [-0.4, -0.2) is 46.6 Å². The van der Waals surface area contributed by atoms with Crippen LogP contribution in [0.5, 0.6) is 0 Å². The van der Waals surface area contributed by atoms with E-state index in [-0.39, 0.29) is 42.3 Å². The van der Waals surface area contributed by atoms with Crippen LogP contribution in [0, 0.1) is 6.92 Å². The minimum atomic E-state index is -2.71. The summed E-state index contributed by atoms with van der Waals surface area (Å²) in [6.45, 7) is 3.95. The van der Waals surface area contributed by atoms with Crippen LogP contribution in [0.2, 0.25) is 5.15 Å². The van der Waals surface area contributed by atoms with E-state index in [9.17, 15) is 18.4 Å². The number of alkyl halides is 2. The number of esters is 1. The molecule has 2 aromatic heterocycles. The molecule has 1 aromatic carbocycles. The molecule has 1 saturated heterocycles. The summed E-state index contributed by atoms with van der Waals surface area (Å²) in [7, 11) is 2.85. The second-order valence-corrected chi connectivity index (χ2v) is 9.14. The minimum Gasteiger partial charge on any atom is -0.464 e. The Morgan fingerprint density at radius 2 is 1.91 bits per heavy atom. The van der Waals surface area contributed by atoms with Crippen molar-refractivity contribution in [2.24, 2.45) is 7.05 Å². The van der Waals surface area contributed by atoms with Gasteiger partial charge in [-0.3, -0.25) is 9.36 Å². The van der Waals surface area contributed by atoms with Crippen molar-refractivity contribution in [2.45, 2.75) is 38.7 Å². The lowest BCUT2D eigenvalue weighted by Gasteiger charge is -2.33. The maximum absolute atomic E-state index is 13.7. The first-order valence-corrected chi connectivity index (χ1v) is 11.5. The number of hydrogen-bond donors (Lipinski definition) is 1. The molecule has 3 heterocycles. The highest BCUT2D eigenvalue weighted by molar-refractivity contribution is 6.29. The number of carbonyl (C=O) groups is 1. The van der Waals surface area contributed by atoms with E-state index in [1.54, 1.807) is 30.1 Å². The molecule has 1 unspecified atom stereocenters. The summed E-state index contributed by atoms with van der Waals surface area (Å²) < 4.78 is 33.7. The van der Waals surface area contributed by atoms with Crippen molar-refractivity contribution in [3.63, 3.8) is 0 Å². The second-order valence-electron chi connectivity index (χ2n) is 8.76. The molecule has 0 bridgehead atoms. The highest BCUT2D eigenvalue weighted by atomic mass is 35.5. The van der Waals surface area contributed by atoms with E-state index >= 15 is 0 Å². The Balaban J connectivity index is 1.79. The number of hydrogen-bond acceptors (Lipinski definition) is 7. The predicted octanol–water partition coefficient (Wildman–Crippen LogP) is 4.49. The van der Waals surface area contributed by atoms with Crippen LogP contribution in [0.15, 0.2) is 29.1 Å². The molecule has 0 spiro atoms. The standard InChI is InChI=1S/C24H26ClF2N5O3/c1-13-11-15(14(2)28-17-5-6-18(25)29-20(17)22(34)35-4)19-16(12-13)21(33)31(3)23(30-19)32-9-7-24(26,27)8-10-32/h5-6,11-12,14,28H,7-10H2,1-4H3. The quantitative estimate of drug-likeness (QED) is 0.404. The zero-order valence-electron chi connectivity index (χ0n) is 19.9. The molecular formula is C24H26ClF2N5O3. The number of piperidine rings is 1. The van der Waals surface area contributed by atoms with Crippen LogP contribution in [0.25, 0.3) is 10.9 Å². The number of anilines is 2. The van der Waals surface area contributed by atoms with Gasteiger partial charge in [-0.25, -0.2) is 23.5 Å². The fourth-order valence-electron chi connectivity index (χ4n) is 4.30. The van der Waals surface area contributed by atoms with Crippen LogP contribution >= 0.6 is 11.6 Å². The molecule has 4 rings (SSSR count). The van der Waals surface area contributed by atoms with Crippen molar-refractivity contribution in [3.8, 4) is 0 Å². The third kappa shape index (κ3) is 4.93. The highest BCUT2D eigenvalue weighted by Crippen LogP contribution is 2.32. The zero-order valence-corrected chi connectivity index (χ0v) is 20.6. The third-order valence-electron chi connectivity index (χ3n) is 6.19. The SMILES string of the molecule is COC(=O)c1nc(Cl)ccc1NC(C)c1cc(C)cc2c(=O)n(C)c(N3CCC(F)(F)CC3)nc12. The number of aryl methyl sites for hydroxylation is 1. The summed E-state index contributed by atoms with van der Waals surface area (Å²) in [6.07, 6.45) is -0.584. The van der Waals surface area contributed by atoms with Gasteiger partial charge in [0.05, 0.1) is 29.7 Å². The molecule has 0 amide bonds. The summed E-state index contributed by atoms with van der Waals surface area (Å²) in [5.74, 6) is -3.01. The summed E-state index contributed by atoms with van der Waals surface area (Å²) in [4.78, 5) is 36.1. The number of ether oxygens (including phenoxy) is 1. The molecular weight excluding hydrogens is 480 g/mol. The Morgan fingerprint density at radius 1 is 1.23 bits per heavy atom. The van der Waals surface area contributed by atoms with Crippen molar-refractivity contribution in [2.75, 3.05) is 30.4 Å². The third-order valence-corrected chi connectivity index (χ3v) is 6.40. The van der Waals surface area contributed by atoms with E-state index in [1.807, 2.05) is 19.9 Å². The zero-order chi connectivity index (χ0) is 25.5. The largest absolute Gasteiger partial charge is 0.464 e. The fourth-order valence-corrected chi connectivity index (χ4v) is 4.45. The van der Waals surface area contributed by atoms with Crippen LogP contribution in [0.4, 0.5) is 20.4 Å². The first-order valence-electron chi connectivity index (χ1n) is 11.2. The number of aromatic nitrogens is 3. The lowest BCUT2D eigenvalue weighted by molar-refractivity contribution is -0.0223. The number of nitrogens with one attached hydrogen (secondary N) is 1. The van der Waals surface area contributed by atoms with Crippen molar-refractivity contribution >= 4 is 40.1 Å². The van der Waals surface area contributed by atoms with Crippen LogP contribution in [-0.2, 0) is 11.8 Å². The molecule has 1 N–H and O–H groups in total. The molecule has 11 heteroatoms. The van der Waals surface area contributed by atoms with Crippen molar-refractivity contribution in [1.29, 1.82) is 0 Å². The number of pyridine rings is 1. The van der Waals surface area contributed by atoms with E-state index in [2.05, 4.69) is 10.3 Å². The van der Waals surface area contributed by atoms with Gasteiger partial charge in [0.25, 0.3) is 11.5 Å². The number of carbonyl (C=O) groups excluding carboxylic acids is 1. The van der Waals surface area contributed by atoms with Crippen molar-refractivity contribution in [3.05, 3.63) is 56.6 Å². The number of rotatable bonds is 5. The number of benzene rings is 1. The Morgan fingerprint density at radius 3 is 2.57 bits per heavy atom. The molecule has 3 aromatic rings. The topological polar surface area (TPSA) is 89.3 Å². The number of halogens is 3. The van der Waals surface area contributed by atoms with Gasteiger partial charge in [0.15, 0.2) is 5.69 Å². The highest BCUT2D eigenvalue weighted by Gasteiger charge is 2.35. The molecule has 8 nitrogen and oxygen atoms in total. The number of fused-ring (bicyclic) bond motifs is 1. The van der Waals surface area contributed by atoms with Gasteiger partial charge in [-0.15, -0.1) is 0 Å². The minimum absolute atomic E-state index is 0.0302. The van der Waals surface area contributed by atoms with E-state index in [1.165, 1.54) is 11.7 Å². The van der Waals surface area contributed by atoms with E-state index in [0.717, 1.165) is 5.56 Å². The average molecular weight is 506 g/mol. The average Bonchev–Trinajstić information content (AvgIpc) is 2.82. The van der Waals surface area contributed by atoms with E-state index in [4.69, 9.17) is 21.3 Å². The lowest BCUT2D eigenvalue weighted by atomic mass is 10.0. The van der Waals surface area contributed by atoms with Crippen LogP contribution in [0.1, 0.15) is 47.4 Å². The van der Waals surface area contributed by atoms with Gasteiger partial charge in [0.1, 0.15) is 5.15 Å². The Labute approximate surface area is 205 Å². The predicted molar refractivity (Wildman–Crippen MR) is 131 cm³/mol. The maximum atomic E-state index is 13.7. The van der Waals surface area contributed by atoms with Crippen LogP contribution in [0.3, 0.4) is 0 Å². The summed E-state index contributed by atoms with van der Waals surface area (Å²) >= 11 is 5.97. The molecule has 35 heavy (non-hydrogen) atoms. The van der Waals surface area contributed by atoms with Gasteiger partial charge in [0, 0.05) is 38.5 Å². The van der Waals surface area contributed by atoms with Gasteiger partial charge in [-0.2, -0.15) is 0 Å². The Hall–Kier alpha value is -3.27. The molecule has 186 valence electrons. The molecule has 0 saturated carbocycles. The lowest BCUT2D eigenvalue weighted by Crippen LogP contribution is -2.42. The van der Waals surface area contributed by atoms with Gasteiger partial charge in [-0.05, 0) is 37.6 Å². The van der Waals surface area contributed by atoms with E-state index in [0.29, 0.717) is 28.1 Å². The second kappa shape index (κ2) is 9.41. The maximum Gasteiger partial charge on any atom is 0.358 e. The number of nitrogens with zero attached hydrogens (tertiary/aromatic N) is 4. The molecule has 0 aliphatic carbocycles. The smallest absolute Gasteiger partial charge is 0.358 e. The number of methoxy groups -OCH3 is 1. The molecule has 1 fully saturated rings. The molecule has 1 aliphatic rings. The van der Waals surface area contributed by atoms with Gasteiger partial charge < -0.3 is 15.0 Å². The Bertz CT molecular complexity index is 1350. The van der Waals surface area contributed by atoms with Gasteiger partial charge in [-0.1, -0.05) is 17.7 Å².